The fourth-order valence-corrected chi connectivity index (χ4v) is 1.65. The van der Waals surface area contributed by atoms with Crippen LogP contribution in [0.4, 0.5) is 4.79 Å². The van der Waals surface area contributed by atoms with E-state index in [1.54, 1.807) is 0 Å². The maximum Gasteiger partial charge on any atom is 0.411 e. The number of methoxy groups -OCH3 is 1. The molecule has 2 atom stereocenters. The van der Waals surface area contributed by atoms with E-state index < -0.39 is 0 Å². The van der Waals surface area contributed by atoms with Crippen molar-refractivity contribution in [3.63, 3.8) is 0 Å². The van der Waals surface area contributed by atoms with E-state index >= 15 is 0 Å². The smallest absolute Gasteiger partial charge is 0.411 e. The number of nitrogens with one attached hydrogen (secondary N) is 1. The second-order valence-corrected chi connectivity index (χ2v) is 3.15. The molecular formula is C8H13ClN4O2. The van der Waals surface area contributed by atoms with Gasteiger partial charge in [0.2, 0.25) is 0 Å². The number of ether oxygens (including phenoxy) is 1. The molecule has 3 N–H and O–H groups in total. The summed E-state index contributed by atoms with van der Waals surface area (Å²) in [6.07, 6.45) is 3.18. The number of nitrogens with zero attached hydrogens (tertiary/aromatic N) is 2. The molecule has 15 heavy (non-hydrogen) atoms. The van der Waals surface area contributed by atoms with Crippen LogP contribution in [0.3, 0.4) is 0 Å². The molecule has 0 aliphatic carbocycles. The van der Waals surface area contributed by atoms with Crippen LogP contribution in [0, 0.1) is 0 Å². The zero-order chi connectivity index (χ0) is 10.1. The lowest BCUT2D eigenvalue weighted by Crippen LogP contribution is -2.49. The van der Waals surface area contributed by atoms with Gasteiger partial charge in [-0.25, -0.2) is 9.79 Å². The third-order valence-electron chi connectivity index (χ3n) is 2.28. The lowest BCUT2D eigenvalue weighted by molar-refractivity contribution is 0.107. The Morgan fingerprint density at radius 3 is 3.20 bits per heavy atom. The highest BCUT2D eigenvalue weighted by molar-refractivity contribution is 5.85. The normalized spacial score (nSPS) is 27.3. The number of amides is 1. The zero-order valence-electron chi connectivity index (χ0n) is 8.21. The Kier molecular flexibility index (Phi) is 3.41. The van der Waals surface area contributed by atoms with Gasteiger partial charge in [0.1, 0.15) is 0 Å². The fraction of sp³-hybridized carbons (Fsp3) is 0.500. The third kappa shape index (κ3) is 1.99. The van der Waals surface area contributed by atoms with E-state index in [0.717, 1.165) is 0 Å². The summed E-state index contributed by atoms with van der Waals surface area (Å²) in [7, 11) is 1.35. The Morgan fingerprint density at radius 1 is 1.80 bits per heavy atom. The quantitative estimate of drug-likeness (QED) is 0.560. The summed E-state index contributed by atoms with van der Waals surface area (Å²) >= 11 is 0. The molecule has 6 nitrogen and oxygen atoms in total. The number of guanidine groups is 1. The van der Waals surface area contributed by atoms with Gasteiger partial charge in [0, 0.05) is 6.54 Å². The number of fused-ring (bicyclic) bond motifs is 1. The Hall–Kier alpha value is -1.43. The highest BCUT2D eigenvalue weighted by Crippen LogP contribution is 2.17. The van der Waals surface area contributed by atoms with Crippen LogP contribution in [0.5, 0.6) is 0 Å². The molecule has 2 rings (SSSR count). The number of carbonyl (C=O) groups excluding carboxylic acids is 1. The van der Waals surface area contributed by atoms with Gasteiger partial charge in [0.15, 0.2) is 12.1 Å². The predicted molar refractivity (Wildman–Crippen MR) is 57.8 cm³/mol. The van der Waals surface area contributed by atoms with Crippen molar-refractivity contribution in [3.05, 3.63) is 12.2 Å². The number of rotatable bonds is 0. The van der Waals surface area contributed by atoms with Gasteiger partial charge in [-0.2, -0.15) is 0 Å². The summed E-state index contributed by atoms with van der Waals surface area (Å²) in [4.78, 5) is 17.0. The van der Waals surface area contributed by atoms with Crippen molar-refractivity contribution in [2.45, 2.75) is 12.2 Å². The van der Waals surface area contributed by atoms with Crippen LogP contribution in [0.1, 0.15) is 0 Å². The highest BCUT2D eigenvalue weighted by Gasteiger charge is 2.36. The summed E-state index contributed by atoms with van der Waals surface area (Å²) in [5.41, 5.74) is 5.52. The Bertz CT molecular complexity index is 318. The minimum Gasteiger partial charge on any atom is -0.453 e. The van der Waals surface area contributed by atoms with Gasteiger partial charge < -0.3 is 15.8 Å². The molecule has 2 unspecified atom stereocenters. The van der Waals surface area contributed by atoms with Crippen molar-refractivity contribution in [1.29, 1.82) is 0 Å². The number of carbonyl (C=O) groups is 1. The van der Waals surface area contributed by atoms with E-state index in [4.69, 9.17) is 5.73 Å². The summed E-state index contributed by atoms with van der Waals surface area (Å²) in [5.74, 6) is 0.362. The molecule has 0 bridgehead atoms. The van der Waals surface area contributed by atoms with Crippen molar-refractivity contribution < 1.29 is 9.53 Å². The van der Waals surface area contributed by atoms with Crippen molar-refractivity contribution >= 4 is 24.5 Å². The maximum atomic E-state index is 11.3. The summed E-state index contributed by atoms with van der Waals surface area (Å²) in [6.45, 7) is 0.506. The van der Waals surface area contributed by atoms with E-state index in [2.05, 4.69) is 15.0 Å². The second kappa shape index (κ2) is 4.39. The number of hydrogen-bond donors (Lipinski definition) is 2. The fourth-order valence-electron chi connectivity index (χ4n) is 1.65. The first-order valence-corrected chi connectivity index (χ1v) is 4.33. The molecule has 0 saturated carbocycles. The minimum absolute atomic E-state index is 0. The molecule has 0 spiro atoms. The van der Waals surface area contributed by atoms with Crippen LogP contribution < -0.4 is 11.1 Å². The molecule has 7 heteroatoms. The van der Waals surface area contributed by atoms with Crippen LogP contribution >= 0.6 is 12.4 Å². The standard InChI is InChI=1S/C8H12N4O2.ClH/c1-14-8(13)12-4-2-3-5-6(12)11-7(9)10-5;/h2-3,5-6H,4H2,1H3,(H3,9,10,11);1H. The molecule has 1 amide bonds. The Morgan fingerprint density at radius 2 is 2.53 bits per heavy atom. The Balaban J connectivity index is 0.00000112. The zero-order valence-corrected chi connectivity index (χ0v) is 9.03. The van der Waals surface area contributed by atoms with Gasteiger partial charge in [-0.05, 0) is 0 Å². The SMILES string of the molecule is COC(=O)N1CC=CC2NC(N)=NC21.Cl. The van der Waals surface area contributed by atoms with E-state index in [1.165, 1.54) is 12.0 Å². The largest absolute Gasteiger partial charge is 0.453 e. The van der Waals surface area contributed by atoms with Gasteiger partial charge in [-0.1, -0.05) is 12.2 Å². The lowest BCUT2D eigenvalue weighted by Gasteiger charge is -2.30. The molecule has 2 aliphatic rings. The molecule has 0 radical (unpaired) electrons. The van der Waals surface area contributed by atoms with Crippen molar-refractivity contribution in [3.8, 4) is 0 Å². The van der Waals surface area contributed by atoms with E-state index in [-0.39, 0.29) is 30.7 Å². The first-order chi connectivity index (χ1) is 6.72. The average molecular weight is 233 g/mol. The summed E-state index contributed by atoms with van der Waals surface area (Å²) in [6, 6.07) is -0.0251. The first-order valence-electron chi connectivity index (χ1n) is 4.33. The molecule has 84 valence electrons. The van der Waals surface area contributed by atoms with Crippen LogP contribution in [-0.4, -0.2) is 42.8 Å². The Labute approximate surface area is 93.6 Å². The average Bonchev–Trinajstić information content (AvgIpc) is 2.56. The van der Waals surface area contributed by atoms with Gasteiger partial charge in [-0.3, -0.25) is 4.90 Å². The first kappa shape index (κ1) is 11.6. The molecule has 0 aromatic heterocycles. The maximum absolute atomic E-state index is 11.3. The van der Waals surface area contributed by atoms with Crippen LogP contribution in [0.25, 0.3) is 0 Å². The molecule has 0 fully saturated rings. The minimum atomic E-state index is -0.385. The molecule has 0 saturated heterocycles. The third-order valence-corrected chi connectivity index (χ3v) is 2.28. The lowest BCUT2D eigenvalue weighted by atomic mass is 10.1. The van der Waals surface area contributed by atoms with Gasteiger partial charge in [0.25, 0.3) is 0 Å². The number of aliphatic imine (C=N–C) groups is 1. The van der Waals surface area contributed by atoms with Crippen LogP contribution in [0.2, 0.25) is 0 Å². The molecule has 0 aromatic carbocycles. The highest BCUT2D eigenvalue weighted by atomic mass is 35.5. The molecule has 2 heterocycles. The monoisotopic (exact) mass is 232 g/mol. The number of nitrogens with two attached hydrogens (primary N) is 1. The van der Waals surface area contributed by atoms with Crippen LogP contribution in [-0.2, 0) is 4.74 Å². The van der Waals surface area contributed by atoms with Crippen molar-refractivity contribution in [1.82, 2.24) is 10.2 Å². The van der Waals surface area contributed by atoms with Crippen LogP contribution in [0.15, 0.2) is 17.1 Å². The van der Waals surface area contributed by atoms with Crippen molar-refractivity contribution in [2.24, 2.45) is 10.7 Å². The van der Waals surface area contributed by atoms with E-state index in [1.807, 2.05) is 12.2 Å². The van der Waals surface area contributed by atoms with E-state index in [0.29, 0.717) is 12.5 Å². The van der Waals surface area contributed by atoms with Gasteiger partial charge >= 0.3 is 6.09 Å². The van der Waals surface area contributed by atoms with Crippen molar-refractivity contribution in [2.75, 3.05) is 13.7 Å². The van der Waals surface area contributed by atoms with Gasteiger partial charge in [-0.15, -0.1) is 12.4 Å². The molecule has 2 aliphatic heterocycles. The molecular weight excluding hydrogens is 220 g/mol. The molecule has 0 aromatic rings. The summed E-state index contributed by atoms with van der Waals surface area (Å²) in [5, 5.41) is 2.96. The predicted octanol–water partition coefficient (Wildman–Crippen LogP) is -0.341. The number of hydrogen-bond acceptors (Lipinski definition) is 5. The second-order valence-electron chi connectivity index (χ2n) is 3.15. The topological polar surface area (TPSA) is 80.0 Å². The van der Waals surface area contributed by atoms with E-state index in [9.17, 15) is 4.79 Å². The number of halogens is 1. The van der Waals surface area contributed by atoms with Gasteiger partial charge in [0.05, 0.1) is 13.2 Å². The summed E-state index contributed by atoms with van der Waals surface area (Å²) < 4.78 is 4.65.